The predicted molar refractivity (Wildman–Crippen MR) is 64.0 cm³/mol. The molecule has 0 aromatic carbocycles. The Morgan fingerprint density at radius 3 is 3.00 bits per heavy atom. The highest BCUT2D eigenvalue weighted by atomic mass is 16.5. The van der Waals surface area contributed by atoms with Gasteiger partial charge in [-0.3, -0.25) is 0 Å². The van der Waals surface area contributed by atoms with Gasteiger partial charge in [-0.15, -0.1) is 0 Å². The van der Waals surface area contributed by atoms with Gasteiger partial charge in [-0.2, -0.15) is 0 Å². The number of allylic oxidation sites excluding steroid dienone is 1. The fourth-order valence-electron chi connectivity index (χ4n) is 5.25. The molecule has 1 aliphatic heterocycles. The summed E-state index contributed by atoms with van der Waals surface area (Å²) in [6.45, 7) is 2.47. The normalized spacial score (nSPS) is 58.4. The van der Waals surface area contributed by atoms with Gasteiger partial charge in [-0.25, -0.2) is 0 Å². The maximum atomic E-state index is 6.35. The lowest BCUT2D eigenvalue weighted by atomic mass is 9.56. The molecule has 1 nitrogen and oxygen atoms in total. The molecule has 1 heterocycles. The van der Waals surface area contributed by atoms with Crippen LogP contribution in [-0.2, 0) is 4.74 Å². The van der Waals surface area contributed by atoms with Crippen molar-refractivity contribution in [3.8, 4) is 0 Å². The van der Waals surface area contributed by atoms with E-state index in [9.17, 15) is 0 Å². The molecule has 0 bridgehead atoms. The van der Waals surface area contributed by atoms with E-state index in [0.717, 1.165) is 29.6 Å². The Morgan fingerprint density at radius 1 is 1.12 bits per heavy atom. The van der Waals surface area contributed by atoms with E-state index in [1.54, 1.807) is 0 Å². The van der Waals surface area contributed by atoms with Gasteiger partial charge in [-0.1, -0.05) is 25.5 Å². The molecule has 0 amide bonds. The van der Waals surface area contributed by atoms with Crippen LogP contribution in [-0.4, -0.2) is 12.2 Å². The first kappa shape index (κ1) is 9.70. The molecule has 1 saturated heterocycles. The molecule has 2 saturated carbocycles. The molecule has 88 valence electrons. The second-order valence-electron chi connectivity index (χ2n) is 6.51. The SMILES string of the molecule is CC1CC2CCCC3OC4CC=CC1C4C23. The summed E-state index contributed by atoms with van der Waals surface area (Å²) in [5.41, 5.74) is 0. The van der Waals surface area contributed by atoms with E-state index in [-0.39, 0.29) is 0 Å². The Kier molecular flexibility index (Phi) is 2.03. The summed E-state index contributed by atoms with van der Waals surface area (Å²) in [6.07, 6.45) is 13.0. The molecule has 16 heavy (non-hydrogen) atoms. The third kappa shape index (κ3) is 1.16. The van der Waals surface area contributed by atoms with Crippen LogP contribution in [0.5, 0.6) is 0 Å². The zero-order chi connectivity index (χ0) is 10.7. The van der Waals surface area contributed by atoms with Crippen LogP contribution in [0.2, 0.25) is 0 Å². The van der Waals surface area contributed by atoms with Crippen LogP contribution < -0.4 is 0 Å². The van der Waals surface area contributed by atoms with Crippen molar-refractivity contribution in [2.45, 2.75) is 51.2 Å². The molecular formula is C15H22O. The van der Waals surface area contributed by atoms with Crippen molar-refractivity contribution in [1.29, 1.82) is 0 Å². The minimum Gasteiger partial charge on any atom is -0.374 e. The van der Waals surface area contributed by atoms with Crippen LogP contribution in [0, 0.1) is 29.6 Å². The van der Waals surface area contributed by atoms with Gasteiger partial charge in [0.2, 0.25) is 0 Å². The van der Waals surface area contributed by atoms with E-state index in [4.69, 9.17) is 4.74 Å². The third-order valence-corrected chi connectivity index (χ3v) is 5.76. The van der Waals surface area contributed by atoms with Crippen molar-refractivity contribution in [3.05, 3.63) is 12.2 Å². The lowest BCUT2D eigenvalue weighted by Crippen LogP contribution is -2.44. The maximum Gasteiger partial charge on any atom is 0.0651 e. The van der Waals surface area contributed by atoms with Crippen LogP contribution >= 0.6 is 0 Å². The van der Waals surface area contributed by atoms with Crippen molar-refractivity contribution in [2.75, 3.05) is 0 Å². The lowest BCUT2D eigenvalue weighted by molar-refractivity contribution is 0.00576. The van der Waals surface area contributed by atoms with Crippen LogP contribution in [0.25, 0.3) is 0 Å². The Bertz CT molecular complexity index is 321. The van der Waals surface area contributed by atoms with E-state index in [2.05, 4.69) is 19.1 Å². The second-order valence-corrected chi connectivity index (χ2v) is 6.51. The first-order chi connectivity index (χ1) is 7.84. The first-order valence-electron chi connectivity index (χ1n) is 7.16. The zero-order valence-electron chi connectivity index (χ0n) is 10.1. The van der Waals surface area contributed by atoms with Crippen LogP contribution in [0.1, 0.15) is 39.0 Å². The molecule has 4 aliphatic rings. The van der Waals surface area contributed by atoms with Crippen molar-refractivity contribution >= 4 is 0 Å². The standard InChI is InChI=1S/C15H22O/c1-9-8-10-4-2-6-12-14(10)15-11(9)5-3-7-13(15)16-12/h3,5,9-15H,2,4,6-8H2,1H3. The molecule has 7 atom stereocenters. The minimum atomic E-state index is 0.577. The molecular weight excluding hydrogens is 196 g/mol. The number of rotatable bonds is 0. The van der Waals surface area contributed by atoms with Crippen LogP contribution in [0.15, 0.2) is 12.2 Å². The van der Waals surface area contributed by atoms with Crippen molar-refractivity contribution < 1.29 is 4.74 Å². The predicted octanol–water partition coefficient (Wildman–Crippen LogP) is 3.40. The summed E-state index contributed by atoms with van der Waals surface area (Å²) in [6, 6.07) is 0. The summed E-state index contributed by atoms with van der Waals surface area (Å²) < 4.78 is 6.35. The summed E-state index contributed by atoms with van der Waals surface area (Å²) >= 11 is 0. The highest BCUT2D eigenvalue weighted by molar-refractivity contribution is 5.12. The number of hydrogen-bond donors (Lipinski definition) is 0. The number of hydrogen-bond acceptors (Lipinski definition) is 1. The van der Waals surface area contributed by atoms with E-state index in [1.807, 2.05) is 0 Å². The summed E-state index contributed by atoms with van der Waals surface area (Å²) in [4.78, 5) is 0. The molecule has 7 unspecified atom stereocenters. The molecule has 4 rings (SSSR count). The largest absolute Gasteiger partial charge is 0.374 e. The summed E-state index contributed by atoms with van der Waals surface area (Å²) in [5, 5.41) is 0. The molecule has 3 fully saturated rings. The Labute approximate surface area is 98.2 Å². The van der Waals surface area contributed by atoms with E-state index >= 15 is 0 Å². The summed E-state index contributed by atoms with van der Waals surface area (Å²) in [5.74, 6) is 4.52. The average Bonchev–Trinajstić information content (AvgIpc) is 2.67. The highest BCUT2D eigenvalue weighted by Gasteiger charge is 2.55. The second kappa shape index (κ2) is 3.35. The molecule has 0 radical (unpaired) electrons. The topological polar surface area (TPSA) is 9.23 Å². The maximum absolute atomic E-state index is 6.35. The van der Waals surface area contributed by atoms with Gasteiger partial charge in [-0.05, 0) is 55.3 Å². The van der Waals surface area contributed by atoms with Gasteiger partial charge >= 0.3 is 0 Å². The van der Waals surface area contributed by atoms with Gasteiger partial charge < -0.3 is 4.74 Å². The molecule has 0 aromatic heterocycles. The van der Waals surface area contributed by atoms with E-state index in [0.29, 0.717) is 12.2 Å². The molecule has 1 heteroatoms. The van der Waals surface area contributed by atoms with E-state index < -0.39 is 0 Å². The molecule has 0 N–H and O–H groups in total. The fraction of sp³-hybridized carbons (Fsp3) is 0.867. The molecule has 0 aromatic rings. The highest BCUT2D eigenvalue weighted by Crippen LogP contribution is 2.57. The quantitative estimate of drug-likeness (QED) is 0.566. The van der Waals surface area contributed by atoms with E-state index in [1.165, 1.54) is 32.1 Å². The monoisotopic (exact) mass is 218 g/mol. The summed E-state index contributed by atoms with van der Waals surface area (Å²) in [7, 11) is 0. The number of ether oxygens (including phenoxy) is 1. The van der Waals surface area contributed by atoms with Gasteiger partial charge in [0.15, 0.2) is 0 Å². The molecule has 0 spiro atoms. The molecule has 3 aliphatic carbocycles. The van der Waals surface area contributed by atoms with Crippen molar-refractivity contribution in [3.63, 3.8) is 0 Å². The van der Waals surface area contributed by atoms with Crippen molar-refractivity contribution in [1.82, 2.24) is 0 Å². The van der Waals surface area contributed by atoms with Gasteiger partial charge in [0.1, 0.15) is 0 Å². The lowest BCUT2D eigenvalue weighted by Gasteiger charge is -2.47. The third-order valence-electron chi connectivity index (χ3n) is 5.76. The fourth-order valence-corrected chi connectivity index (χ4v) is 5.25. The van der Waals surface area contributed by atoms with Crippen LogP contribution in [0.3, 0.4) is 0 Å². The van der Waals surface area contributed by atoms with Gasteiger partial charge in [0.25, 0.3) is 0 Å². The van der Waals surface area contributed by atoms with Gasteiger partial charge in [0.05, 0.1) is 12.2 Å². The Hall–Kier alpha value is -0.300. The zero-order valence-corrected chi connectivity index (χ0v) is 10.1. The minimum absolute atomic E-state index is 0.577. The Morgan fingerprint density at radius 2 is 2.06 bits per heavy atom. The first-order valence-corrected chi connectivity index (χ1v) is 7.16. The smallest absolute Gasteiger partial charge is 0.0651 e. The van der Waals surface area contributed by atoms with Crippen molar-refractivity contribution in [2.24, 2.45) is 29.6 Å². The van der Waals surface area contributed by atoms with Gasteiger partial charge in [0, 0.05) is 0 Å². The van der Waals surface area contributed by atoms with Crippen LogP contribution in [0.4, 0.5) is 0 Å². The average molecular weight is 218 g/mol. The Balaban J connectivity index is 1.74.